The molecule has 0 aromatic heterocycles. The molecule has 2 saturated heterocycles. The molecule has 0 aromatic rings. The van der Waals surface area contributed by atoms with Crippen LogP contribution in [0.5, 0.6) is 0 Å². The van der Waals surface area contributed by atoms with E-state index in [4.69, 9.17) is 0 Å². The van der Waals surface area contributed by atoms with Gasteiger partial charge in [0.1, 0.15) is 0 Å². The van der Waals surface area contributed by atoms with Crippen molar-refractivity contribution in [3.63, 3.8) is 0 Å². The number of piperidine rings is 1. The zero-order valence-electron chi connectivity index (χ0n) is 11.1. The highest BCUT2D eigenvalue weighted by Gasteiger charge is 2.38. The summed E-state index contributed by atoms with van der Waals surface area (Å²) in [4.78, 5) is 4.63. The van der Waals surface area contributed by atoms with Gasteiger partial charge in [-0.1, -0.05) is 0 Å². The summed E-state index contributed by atoms with van der Waals surface area (Å²) in [5, 5.41) is 0. The van der Waals surface area contributed by atoms with Crippen LogP contribution in [0.15, 0.2) is 0 Å². The number of hydrogen-bond donors (Lipinski definition) is 0. The average molecular weight is 246 g/mol. The van der Waals surface area contributed by atoms with Crippen molar-refractivity contribution in [1.29, 1.82) is 0 Å². The van der Waals surface area contributed by atoms with Crippen LogP contribution >= 0.6 is 0 Å². The van der Waals surface area contributed by atoms with Crippen LogP contribution < -0.4 is 0 Å². The molecule has 2 heterocycles. The van der Waals surface area contributed by atoms with Crippen LogP contribution in [-0.4, -0.2) is 54.5 Å². The molecule has 2 rings (SSSR count). The molecule has 0 aromatic carbocycles. The molecule has 0 spiro atoms. The summed E-state index contributed by atoms with van der Waals surface area (Å²) >= 11 is 0. The second-order valence-electron chi connectivity index (χ2n) is 5.91. The molecular weight excluding hydrogens is 222 g/mol. The molecule has 17 heavy (non-hydrogen) atoms. The third-order valence-electron chi connectivity index (χ3n) is 4.74. The highest BCUT2D eigenvalue weighted by atomic mass is 19.3. The summed E-state index contributed by atoms with van der Waals surface area (Å²) in [6.45, 7) is 6.63. The smallest absolute Gasteiger partial charge is 0.250 e. The molecule has 2 aliphatic rings. The highest BCUT2D eigenvalue weighted by Crippen LogP contribution is 2.32. The van der Waals surface area contributed by atoms with Gasteiger partial charge in [0.15, 0.2) is 0 Å². The van der Waals surface area contributed by atoms with Gasteiger partial charge in [-0.05, 0) is 33.2 Å². The monoisotopic (exact) mass is 246 g/mol. The van der Waals surface area contributed by atoms with Gasteiger partial charge < -0.3 is 9.80 Å². The molecule has 4 heteroatoms. The first-order chi connectivity index (χ1) is 7.89. The van der Waals surface area contributed by atoms with Gasteiger partial charge in [-0.25, -0.2) is 8.78 Å². The van der Waals surface area contributed by atoms with Gasteiger partial charge in [0.05, 0.1) is 0 Å². The van der Waals surface area contributed by atoms with Gasteiger partial charge in [0.2, 0.25) is 0 Å². The maximum absolute atomic E-state index is 13.1. The van der Waals surface area contributed by atoms with Crippen molar-refractivity contribution in [2.75, 3.05) is 26.7 Å². The maximum atomic E-state index is 13.1. The van der Waals surface area contributed by atoms with Gasteiger partial charge in [-0.15, -0.1) is 0 Å². The number of nitrogens with zero attached hydrogens (tertiary/aromatic N) is 2. The van der Waals surface area contributed by atoms with E-state index >= 15 is 0 Å². The Morgan fingerprint density at radius 2 is 1.76 bits per heavy atom. The first-order valence-electron chi connectivity index (χ1n) is 6.71. The van der Waals surface area contributed by atoms with Crippen LogP contribution in [0.4, 0.5) is 8.78 Å². The van der Waals surface area contributed by atoms with E-state index in [0.29, 0.717) is 31.1 Å². The molecule has 0 saturated carbocycles. The molecule has 2 nitrogen and oxygen atoms in total. The van der Waals surface area contributed by atoms with Crippen LogP contribution in [0.2, 0.25) is 0 Å². The van der Waals surface area contributed by atoms with Gasteiger partial charge in [0.25, 0.3) is 5.92 Å². The molecule has 0 radical (unpaired) electrons. The number of hydrogen-bond acceptors (Lipinski definition) is 2. The van der Waals surface area contributed by atoms with Crippen molar-refractivity contribution in [3.05, 3.63) is 0 Å². The molecule has 2 fully saturated rings. The predicted octanol–water partition coefficient (Wildman–Crippen LogP) is 2.45. The van der Waals surface area contributed by atoms with E-state index in [1.807, 2.05) is 0 Å². The van der Waals surface area contributed by atoms with Crippen molar-refractivity contribution in [2.45, 2.75) is 51.1 Å². The van der Waals surface area contributed by atoms with Crippen LogP contribution in [0, 0.1) is 5.92 Å². The Labute approximate surface area is 103 Å². The fourth-order valence-corrected chi connectivity index (χ4v) is 3.16. The van der Waals surface area contributed by atoms with Crippen molar-refractivity contribution >= 4 is 0 Å². The van der Waals surface area contributed by atoms with E-state index in [1.165, 1.54) is 6.42 Å². The second-order valence-corrected chi connectivity index (χ2v) is 5.91. The molecule has 0 amide bonds. The van der Waals surface area contributed by atoms with E-state index in [0.717, 1.165) is 6.54 Å². The zero-order chi connectivity index (χ0) is 12.6. The van der Waals surface area contributed by atoms with Gasteiger partial charge in [0, 0.05) is 44.6 Å². The number of halogens is 2. The van der Waals surface area contributed by atoms with Crippen LogP contribution in [-0.2, 0) is 0 Å². The van der Waals surface area contributed by atoms with E-state index < -0.39 is 5.92 Å². The Hall–Kier alpha value is -0.220. The molecule has 100 valence electrons. The number of alkyl halides is 2. The Balaban J connectivity index is 1.83. The van der Waals surface area contributed by atoms with Crippen LogP contribution in [0.1, 0.15) is 33.1 Å². The Morgan fingerprint density at radius 1 is 1.18 bits per heavy atom. The number of rotatable bonds is 2. The minimum absolute atomic E-state index is 0.0412. The van der Waals surface area contributed by atoms with Gasteiger partial charge in [-0.2, -0.15) is 0 Å². The zero-order valence-corrected chi connectivity index (χ0v) is 11.1. The van der Waals surface area contributed by atoms with Gasteiger partial charge >= 0.3 is 0 Å². The highest BCUT2D eigenvalue weighted by molar-refractivity contribution is 4.90. The van der Waals surface area contributed by atoms with E-state index in [-0.39, 0.29) is 12.8 Å². The summed E-state index contributed by atoms with van der Waals surface area (Å²) in [6, 6.07) is 1.20. The first-order valence-corrected chi connectivity index (χ1v) is 6.71. The molecule has 0 bridgehead atoms. The fraction of sp³-hybridized carbons (Fsp3) is 1.00. The van der Waals surface area contributed by atoms with Gasteiger partial charge in [-0.3, -0.25) is 0 Å². The van der Waals surface area contributed by atoms with Crippen LogP contribution in [0.3, 0.4) is 0 Å². The lowest BCUT2D eigenvalue weighted by atomic mass is 9.98. The Morgan fingerprint density at radius 3 is 2.24 bits per heavy atom. The molecule has 2 unspecified atom stereocenters. The summed E-state index contributed by atoms with van der Waals surface area (Å²) in [5.74, 6) is -1.77. The summed E-state index contributed by atoms with van der Waals surface area (Å²) in [7, 11) is 2.17. The standard InChI is InChI=1S/C13H24F2N2/c1-10-8-12(11(2)16(10)3)9-17-6-4-13(14,15)5-7-17/h10-12H,4-9H2,1-3H3/t10?,11-,12?/m1/s1. The largest absolute Gasteiger partial charge is 0.303 e. The van der Waals surface area contributed by atoms with Crippen molar-refractivity contribution in [1.82, 2.24) is 9.80 Å². The Bertz CT molecular complexity index is 260. The molecule has 0 N–H and O–H groups in total. The molecular formula is C13H24F2N2. The molecule has 2 aliphatic heterocycles. The topological polar surface area (TPSA) is 6.48 Å². The molecule has 3 atom stereocenters. The van der Waals surface area contributed by atoms with E-state index in [9.17, 15) is 8.78 Å². The first kappa shape index (κ1) is 13.2. The van der Waals surface area contributed by atoms with Crippen LogP contribution in [0.25, 0.3) is 0 Å². The Kier molecular flexibility index (Phi) is 3.74. The third kappa shape index (κ3) is 2.97. The average Bonchev–Trinajstić information content (AvgIpc) is 2.50. The van der Waals surface area contributed by atoms with Crippen molar-refractivity contribution in [3.8, 4) is 0 Å². The third-order valence-corrected chi connectivity index (χ3v) is 4.74. The minimum Gasteiger partial charge on any atom is -0.303 e. The normalized spacial score (nSPS) is 39.7. The second kappa shape index (κ2) is 4.81. The minimum atomic E-state index is -2.41. The lowest BCUT2D eigenvalue weighted by Crippen LogP contribution is -2.43. The summed E-state index contributed by atoms with van der Waals surface area (Å²) in [5.41, 5.74) is 0. The molecule has 0 aliphatic carbocycles. The lowest BCUT2D eigenvalue weighted by molar-refractivity contribution is -0.0577. The predicted molar refractivity (Wildman–Crippen MR) is 65.4 cm³/mol. The maximum Gasteiger partial charge on any atom is 0.250 e. The number of likely N-dealkylation sites (tertiary alicyclic amines) is 2. The SMILES string of the molecule is CC1CC(CN2CCC(F)(F)CC2)[C@@H](C)N1C. The quantitative estimate of drug-likeness (QED) is 0.738. The van der Waals surface area contributed by atoms with Crippen molar-refractivity contribution in [2.24, 2.45) is 5.92 Å². The van der Waals surface area contributed by atoms with E-state index in [1.54, 1.807) is 0 Å². The van der Waals surface area contributed by atoms with Crippen molar-refractivity contribution < 1.29 is 8.78 Å². The lowest BCUT2D eigenvalue weighted by Gasteiger charge is -2.34. The summed E-state index contributed by atoms with van der Waals surface area (Å²) < 4.78 is 26.1. The fourth-order valence-electron chi connectivity index (χ4n) is 3.16. The van der Waals surface area contributed by atoms with E-state index in [2.05, 4.69) is 30.7 Å². The summed E-state index contributed by atoms with van der Waals surface area (Å²) in [6.07, 6.45) is 1.28.